The van der Waals surface area contributed by atoms with E-state index in [1.807, 2.05) is 4.90 Å². The van der Waals surface area contributed by atoms with Gasteiger partial charge in [0.15, 0.2) is 5.82 Å². The Kier molecular flexibility index (Phi) is 6.20. The highest BCUT2D eigenvalue weighted by Crippen LogP contribution is 2.28. The minimum atomic E-state index is 0.225. The smallest absolute Gasteiger partial charge is 0.252 e. The van der Waals surface area contributed by atoms with Crippen LogP contribution in [0.15, 0.2) is 4.52 Å². The molecule has 0 N–H and O–H groups in total. The highest BCUT2D eigenvalue weighted by molar-refractivity contribution is 5.79. The molecule has 0 atom stereocenters. The molecule has 1 aromatic heterocycles. The summed E-state index contributed by atoms with van der Waals surface area (Å²) in [7, 11) is 1.59. The summed E-state index contributed by atoms with van der Waals surface area (Å²) in [4.78, 5) is 18.7. The zero-order valence-electron chi connectivity index (χ0n) is 14.4. The molecule has 1 saturated heterocycles. The zero-order valence-corrected chi connectivity index (χ0v) is 14.4. The van der Waals surface area contributed by atoms with Crippen LogP contribution in [0.25, 0.3) is 0 Å². The number of nitrogens with zero attached hydrogens (tertiary/aromatic N) is 3. The second-order valence-electron chi connectivity index (χ2n) is 6.66. The maximum Gasteiger partial charge on any atom is 0.252 e. The Balaban J connectivity index is 1.34. The van der Waals surface area contributed by atoms with Gasteiger partial charge in [-0.2, -0.15) is 4.98 Å². The fourth-order valence-electron chi connectivity index (χ4n) is 3.56. The van der Waals surface area contributed by atoms with E-state index in [1.165, 1.54) is 12.8 Å². The molecule has 1 aliphatic heterocycles. The first-order valence-electron chi connectivity index (χ1n) is 8.97. The third-order valence-electron chi connectivity index (χ3n) is 4.92. The van der Waals surface area contributed by atoms with Gasteiger partial charge in [0.2, 0.25) is 5.91 Å². The van der Waals surface area contributed by atoms with Crippen LogP contribution < -0.4 is 0 Å². The summed E-state index contributed by atoms with van der Waals surface area (Å²) in [5, 5.41) is 3.90. The van der Waals surface area contributed by atoms with Crippen LogP contribution in [0.5, 0.6) is 0 Å². The topological polar surface area (TPSA) is 77.7 Å². The first-order valence-corrected chi connectivity index (χ1v) is 8.97. The number of hydrogen-bond acceptors (Lipinski definition) is 6. The van der Waals surface area contributed by atoms with Crippen molar-refractivity contribution in [2.24, 2.45) is 5.92 Å². The van der Waals surface area contributed by atoms with Crippen LogP contribution >= 0.6 is 0 Å². The van der Waals surface area contributed by atoms with Gasteiger partial charge in [0.05, 0.1) is 12.7 Å². The van der Waals surface area contributed by atoms with E-state index in [0.29, 0.717) is 37.3 Å². The molecule has 1 aliphatic carbocycles. The van der Waals surface area contributed by atoms with Crippen LogP contribution in [-0.4, -0.2) is 53.9 Å². The van der Waals surface area contributed by atoms with E-state index in [1.54, 1.807) is 7.11 Å². The molecule has 1 aromatic rings. The third kappa shape index (κ3) is 4.54. The molecule has 0 bridgehead atoms. The number of rotatable bonds is 7. The van der Waals surface area contributed by atoms with Crippen molar-refractivity contribution in [1.29, 1.82) is 0 Å². The average Bonchev–Trinajstić information content (AvgIpc) is 3.27. The number of methoxy groups -OCH3 is 1. The Labute approximate surface area is 142 Å². The van der Waals surface area contributed by atoms with Gasteiger partial charge in [-0.05, 0) is 25.7 Å². The van der Waals surface area contributed by atoms with Crippen LogP contribution in [0.4, 0.5) is 0 Å². The fourth-order valence-corrected chi connectivity index (χ4v) is 3.56. The summed E-state index contributed by atoms with van der Waals surface area (Å²) in [5.41, 5.74) is 0. The van der Waals surface area contributed by atoms with Crippen LogP contribution in [-0.2, 0) is 27.3 Å². The van der Waals surface area contributed by atoms with Gasteiger partial charge in [0, 0.05) is 32.5 Å². The zero-order chi connectivity index (χ0) is 16.8. The van der Waals surface area contributed by atoms with E-state index in [2.05, 4.69) is 10.1 Å². The first kappa shape index (κ1) is 17.4. The predicted octanol–water partition coefficient (Wildman–Crippen LogP) is 1.96. The molecular formula is C17H27N3O4. The van der Waals surface area contributed by atoms with E-state index in [9.17, 15) is 4.79 Å². The van der Waals surface area contributed by atoms with Crippen molar-refractivity contribution in [2.45, 2.75) is 57.7 Å². The molecule has 0 unspecified atom stereocenters. The summed E-state index contributed by atoms with van der Waals surface area (Å²) < 4.78 is 15.9. The maximum absolute atomic E-state index is 12.4. The second-order valence-corrected chi connectivity index (χ2v) is 6.66. The van der Waals surface area contributed by atoms with Crippen molar-refractivity contribution in [3.05, 3.63) is 11.7 Å². The third-order valence-corrected chi connectivity index (χ3v) is 4.92. The van der Waals surface area contributed by atoms with E-state index >= 15 is 0 Å². The van der Waals surface area contributed by atoms with Gasteiger partial charge >= 0.3 is 0 Å². The lowest BCUT2D eigenvalue weighted by Gasteiger charge is -2.33. The first-order chi connectivity index (χ1) is 11.8. The minimum Gasteiger partial charge on any atom is -0.378 e. The van der Waals surface area contributed by atoms with Gasteiger partial charge in [0.25, 0.3) is 5.89 Å². The Hall–Kier alpha value is -1.47. The Morgan fingerprint density at radius 3 is 2.71 bits per heavy atom. The number of hydrogen-bond donors (Lipinski definition) is 0. The molecule has 0 radical (unpaired) electrons. The van der Waals surface area contributed by atoms with Crippen molar-refractivity contribution in [3.8, 4) is 0 Å². The van der Waals surface area contributed by atoms with E-state index in [4.69, 9.17) is 14.0 Å². The molecule has 1 saturated carbocycles. The summed E-state index contributed by atoms with van der Waals surface area (Å²) in [6.07, 6.45) is 7.25. The molecule has 2 heterocycles. The van der Waals surface area contributed by atoms with Crippen LogP contribution in [0.2, 0.25) is 0 Å². The van der Waals surface area contributed by atoms with Crippen molar-refractivity contribution < 1.29 is 18.8 Å². The molecule has 134 valence electrons. The van der Waals surface area contributed by atoms with Gasteiger partial charge in [-0.3, -0.25) is 4.79 Å². The van der Waals surface area contributed by atoms with E-state index < -0.39 is 0 Å². The standard InChI is InChI=1S/C17H27N3O4/c1-22-12-16-18-15(19-24-16)8-11-23-14-6-9-20(10-7-14)17(21)13-4-2-3-5-13/h13-14H,2-12H2,1H3. The average molecular weight is 337 g/mol. The predicted molar refractivity (Wildman–Crippen MR) is 86.2 cm³/mol. The summed E-state index contributed by atoms with van der Waals surface area (Å²) in [5.74, 6) is 1.78. The second kappa shape index (κ2) is 8.58. The maximum atomic E-state index is 12.4. The number of likely N-dealkylation sites (tertiary alicyclic amines) is 1. The number of piperidine rings is 1. The molecular weight excluding hydrogens is 310 g/mol. The number of amides is 1. The Morgan fingerprint density at radius 1 is 1.25 bits per heavy atom. The van der Waals surface area contributed by atoms with Gasteiger partial charge in [-0.1, -0.05) is 18.0 Å². The molecule has 24 heavy (non-hydrogen) atoms. The highest BCUT2D eigenvalue weighted by atomic mass is 16.5. The highest BCUT2D eigenvalue weighted by Gasteiger charge is 2.30. The summed E-state index contributed by atoms with van der Waals surface area (Å²) in [6, 6.07) is 0. The quantitative estimate of drug-likeness (QED) is 0.757. The lowest BCUT2D eigenvalue weighted by Crippen LogP contribution is -2.43. The van der Waals surface area contributed by atoms with Gasteiger partial charge in [-0.15, -0.1) is 0 Å². The Bertz CT molecular complexity index is 520. The molecule has 0 aromatic carbocycles. The SMILES string of the molecule is COCc1nc(CCOC2CCN(C(=O)C3CCCC3)CC2)no1. The van der Waals surface area contributed by atoms with Crippen molar-refractivity contribution in [3.63, 3.8) is 0 Å². The molecule has 7 heteroatoms. The van der Waals surface area contributed by atoms with Crippen molar-refractivity contribution in [2.75, 3.05) is 26.8 Å². The van der Waals surface area contributed by atoms with Crippen LogP contribution in [0, 0.1) is 5.92 Å². The monoisotopic (exact) mass is 337 g/mol. The number of ether oxygens (including phenoxy) is 2. The molecule has 2 aliphatic rings. The fraction of sp³-hybridized carbons (Fsp3) is 0.824. The number of carbonyl (C=O) groups excluding carboxylic acids is 1. The number of aromatic nitrogens is 2. The minimum absolute atomic E-state index is 0.225. The summed E-state index contributed by atoms with van der Waals surface area (Å²) in [6.45, 7) is 2.55. The van der Waals surface area contributed by atoms with Gasteiger partial charge < -0.3 is 18.9 Å². The molecule has 1 amide bonds. The van der Waals surface area contributed by atoms with Crippen molar-refractivity contribution >= 4 is 5.91 Å². The lowest BCUT2D eigenvalue weighted by molar-refractivity contribution is -0.138. The van der Waals surface area contributed by atoms with Gasteiger partial charge in [0.1, 0.15) is 6.61 Å². The summed E-state index contributed by atoms with van der Waals surface area (Å²) >= 11 is 0. The molecule has 0 spiro atoms. The molecule has 7 nitrogen and oxygen atoms in total. The van der Waals surface area contributed by atoms with E-state index in [-0.39, 0.29) is 12.0 Å². The van der Waals surface area contributed by atoms with Crippen LogP contribution in [0.3, 0.4) is 0 Å². The number of carbonyl (C=O) groups is 1. The van der Waals surface area contributed by atoms with Gasteiger partial charge in [-0.25, -0.2) is 0 Å². The van der Waals surface area contributed by atoms with Crippen molar-refractivity contribution in [1.82, 2.24) is 15.0 Å². The Morgan fingerprint density at radius 2 is 2.00 bits per heavy atom. The van der Waals surface area contributed by atoms with Crippen LogP contribution in [0.1, 0.15) is 50.2 Å². The lowest BCUT2D eigenvalue weighted by atomic mass is 10.0. The van der Waals surface area contributed by atoms with E-state index in [0.717, 1.165) is 38.8 Å². The molecule has 3 rings (SSSR count). The molecule has 2 fully saturated rings. The largest absolute Gasteiger partial charge is 0.378 e. The normalized spacial score (nSPS) is 20.0.